The zero-order chi connectivity index (χ0) is 13.7. The maximum Gasteiger partial charge on any atom is 0.122 e. The van der Waals surface area contributed by atoms with Crippen molar-refractivity contribution in [2.45, 2.75) is 45.3 Å². The van der Waals surface area contributed by atoms with E-state index in [4.69, 9.17) is 4.74 Å². The zero-order valence-electron chi connectivity index (χ0n) is 12.0. The van der Waals surface area contributed by atoms with Crippen molar-refractivity contribution in [3.63, 3.8) is 0 Å². The van der Waals surface area contributed by atoms with Crippen LogP contribution in [0.25, 0.3) is 0 Å². The van der Waals surface area contributed by atoms with Gasteiger partial charge in [-0.1, -0.05) is 25.1 Å². The molecule has 3 nitrogen and oxygen atoms in total. The Hall–Kier alpha value is -1.06. The lowest BCUT2D eigenvalue weighted by Gasteiger charge is -2.24. The average Bonchev–Trinajstić information content (AvgIpc) is 3.21. The Balaban J connectivity index is 1.77. The summed E-state index contributed by atoms with van der Waals surface area (Å²) in [6.07, 6.45) is 3.30. The van der Waals surface area contributed by atoms with Crippen LogP contribution in [0.5, 0.6) is 5.75 Å². The molecule has 0 aliphatic heterocycles. The van der Waals surface area contributed by atoms with Crippen LogP contribution in [0.15, 0.2) is 24.3 Å². The highest BCUT2D eigenvalue weighted by molar-refractivity contribution is 5.31. The van der Waals surface area contributed by atoms with Crippen molar-refractivity contribution < 1.29 is 9.84 Å². The van der Waals surface area contributed by atoms with E-state index in [2.05, 4.69) is 11.8 Å². The number of aliphatic hydroxyl groups is 1. The van der Waals surface area contributed by atoms with E-state index in [1.165, 1.54) is 12.8 Å². The molecule has 1 N–H and O–H groups in total. The maximum absolute atomic E-state index is 10.1. The molecule has 1 fully saturated rings. The van der Waals surface area contributed by atoms with Crippen LogP contribution < -0.4 is 4.74 Å². The van der Waals surface area contributed by atoms with Crippen LogP contribution in [-0.4, -0.2) is 41.8 Å². The summed E-state index contributed by atoms with van der Waals surface area (Å²) in [5, 5.41) is 10.1. The van der Waals surface area contributed by atoms with Gasteiger partial charge in [-0.25, -0.2) is 0 Å². The van der Waals surface area contributed by atoms with E-state index in [1.807, 2.05) is 31.2 Å². The van der Waals surface area contributed by atoms with Gasteiger partial charge in [0.2, 0.25) is 0 Å². The maximum atomic E-state index is 10.1. The minimum atomic E-state index is -0.410. The lowest BCUT2D eigenvalue weighted by Crippen LogP contribution is -2.37. The summed E-state index contributed by atoms with van der Waals surface area (Å²) in [6.45, 7) is 6.38. The van der Waals surface area contributed by atoms with Crippen LogP contribution in [0.4, 0.5) is 0 Å². The fraction of sp³-hybridized carbons (Fsp3) is 0.625. The van der Waals surface area contributed by atoms with Gasteiger partial charge in [-0.05, 0) is 44.4 Å². The van der Waals surface area contributed by atoms with Gasteiger partial charge < -0.3 is 9.84 Å². The number of rotatable bonds is 8. The van der Waals surface area contributed by atoms with Gasteiger partial charge in [-0.3, -0.25) is 4.90 Å². The second-order valence-corrected chi connectivity index (χ2v) is 5.46. The highest BCUT2D eigenvalue weighted by Gasteiger charge is 2.29. The largest absolute Gasteiger partial charge is 0.491 e. The Morgan fingerprint density at radius 1 is 1.37 bits per heavy atom. The molecule has 1 aromatic carbocycles. The third-order valence-corrected chi connectivity index (χ3v) is 3.54. The SMILES string of the molecule is CCCN(CC(O)COc1ccccc1C)C1CC1. The first-order valence-electron chi connectivity index (χ1n) is 7.31. The molecule has 106 valence electrons. The summed E-state index contributed by atoms with van der Waals surface area (Å²) in [5.41, 5.74) is 1.11. The standard InChI is InChI=1S/C16H25NO2/c1-3-10-17(14-8-9-14)11-15(18)12-19-16-7-5-4-6-13(16)2/h4-7,14-15,18H,3,8-12H2,1-2H3. The Kier molecular flexibility index (Phi) is 5.23. The number of aliphatic hydroxyl groups excluding tert-OH is 1. The van der Waals surface area contributed by atoms with Crippen molar-refractivity contribution in [2.75, 3.05) is 19.7 Å². The number of hydrogen-bond acceptors (Lipinski definition) is 3. The number of nitrogens with zero attached hydrogens (tertiary/aromatic N) is 1. The molecule has 19 heavy (non-hydrogen) atoms. The van der Waals surface area contributed by atoms with Gasteiger partial charge in [0.05, 0.1) is 0 Å². The van der Waals surface area contributed by atoms with Gasteiger partial charge in [0.1, 0.15) is 18.5 Å². The fourth-order valence-electron chi connectivity index (χ4n) is 2.38. The number of ether oxygens (including phenoxy) is 1. The summed E-state index contributed by atoms with van der Waals surface area (Å²) >= 11 is 0. The van der Waals surface area contributed by atoms with Crippen molar-refractivity contribution in [3.8, 4) is 5.75 Å². The summed E-state index contributed by atoms with van der Waals surface area (Å²) in [7, 11) is 0. The lowest BCUT2D eigenvalue weighted by molar-refractivity contribution is 0.0651. The van der Waals surface area contributed by atoms with Gasteiger partial charge in [-0.2, -0.15) is 0 Å². The van der Waals surface area contributed by atoms with E-state index in [0.717, 1.165) is 30.8 Å². The molecule has 0 bridgehead atoms. The van der Waals surface area contributed by atoms with Crippen LogP contribution in [0.1, 0.15) is 31.7 Å². The molecule has 1 atom stereocenters. The Bertz CT molecular complexity index is 390. The normalized spacial score (nSPS) is 16.6. The Labute approximate surface area is 116 Å². The van der Waals surface area contributed by atoms with Gasteiger partial charge >= 0.3 is 0 Å². The molecule has 0 aromatic heterocycles. The Morgan fingerprint density at radius 2 is 2.11 bits per heavy atom. The van der Waals surface area contributed by atoms with Gasteiger partial charge in [0.15, 0.2) is 0 Å². The van der Waals surface area contributed by atoms with Crippen LogP contribution in [0, 0.1) is 6.92 Å². The third kappa shape index (κ3) is 4.51. The van der Waals surface area contributed by atoms with Crippen molar-refractivity contribution in [3.05, 3.63) is 29.8 Å². The fourth-order valence-corrected chi connectivity index (χ4v) is 2.38. The smallest absolute Gasteiger partial charge is 0.122 e. The molecule has 0 amide bonds. The van der Waals surface area contributed by atoms with Crippen molar-refractivity contribution in [1.29, 1.82) is 0 Å². The van der Waals surface area contributed by atoms with Crippen molar-refractivity contribution >= 4 is 0 Å². The third-order valence-electron chi connectivity index (χ3n) is 3.54. The molecule has 1 aliphatic rings. The van der Waals surface area contributed by atoms with Crippen LogP contribution >= 0.6 is 0 Å². The highest BCUT2D eigenvalue weighted by atomic mass is 16.5. The number of aryl methyl sites for hydroxylation is 1. The predicted octanol–water partition coefficient (Wildman–Crippen LogP) is 2.61. The van der Waals surface area contributed by atoms with E-state index >= 15 is 0 Å². The first-order valence-corrected chi connectivity index (χ1v) is 7.31. The van der Waals surface area contributed by atoms with E-state index < -0.39 is 6.10 Å². The average molecular weight is 263 g/mol. The monoisotopic (exact) mass is 263 g/mol. The molecule has 1 aliphatic carbocycles. The molecule has 3 heteroatoms. The van der Waals surface area contributed by atoms with E-state index in [1.54, 1.807) is 0 Å². The molecule has 0 spiro atoms. The molecule has 1 saturated carbocycles. The Morgan fingerprint density at radius 3 is 2.74 bits per heavy atom. The quantitative estimate of drug-likeness (QED) is 0.782. The first kappa shape index (κ1) is 14.4. The molecule has 1 unspecified atom stereocenters. The molecule has 1 aromatic rings. The van der Waals surface area contributed by atoms with Crippen LogP contribution in [-0.2, 0) is 0 Å². The summed E-state index contributed by atoms with van der Waals surface area (Å²) in [4.78, 5) is 2.39. The second kappa shape index (κ2) is 6.92. The molecular weight excluding hydrogens is 238 g/mol. The molecular formula is C16H25NO2. The minimum Gasteiger partial charge on any atom is -0.491 e. The lowest BCUT2D eigenvalue weighted by atomic mass is 10.2. The van der Waals surface area contributed by atoms with Gasteiger partial charge in [0.25, 0.3) is 0 Å². The molecule has 0 radical (unpaired) electrons. The first-order chi connectivity index (χ1) is 9.20. The zero-order valence-corrected chi connectivity index (χ0v) is 12.0. The summed E-state index contributed by atoms with van der Waals surface area (Å²) in [6, 6.07) is 8.63. The summed E-state index contributed by atoms with van der Waals surface area (Å²) in [5.74, 6) is 0.870. The molecule has 2 rings (SSSR count). The predicted molar refractivity (Wildman–Crippen MR) is 77.6 cm³/mol. The van der Waals surface area contributed by atoms with Crippen molar-refractivity contribution in [2.24, 2.45) is 0 Å². The number of para-hydroxylation sites is 1. The molecule has 0 saturated heterocycles. The van der Waals surface area contributed by atoms with Crippen LogP contribution in [0.2, 0.25) is 0 Å². The van der Waals surface area contributed by atoms with Gasteiger partial charge in [0, 0.05) is 12.6 Å². The number of benzene rings is 1. The highest BCUT2D eigenvalue weighted by Crippen LogP contribution is 2.27. The number of hydrogen-bond donors (Lipinski definition) is 1. The van der Waals surface area contributed by atoms with E-state index in [-0.39, 0.29) is 0 Å². The van der Waals surface area contributed by atoms with Gasteiger partial charge in [-0.15, -0.1) is 0 Å². The van der Waals surface area contributed by atoms with E-state index in [0.29, 0.717) is 12.6 Å². The topological polar surface area (TPSA) is 32.7 Å². The van der Waals surface area contributed by atoms with Crippen molar-refractivity contribution in [1.82, 2.24) is 4.90 Å². The minimum absolute atomic E-state index is 0.373. The summed E-state index contributed by atoms with van der Waals surface area (Å²) < 4.78 is 5.70. The second-order valence-electron chi connectivity index (χ2n) is 5.46. The molecule has 0 heterocycles. The van der Waals surface area contributed by atoms with Crippen LogP contribution in [0.3, 0.4) is 0 Å². The van der Waals surface area contributed by atoms with E-state index in [9.17, 15) is 5.11 Å².